The van der Waals surface area contributed by atoms with Crippen molar-refractivity contribution < 1.29 is 4.79 Å². The molecule has 0 saturated carbocycles. The van der Waals surface area contributed by atoms with Crippen LogP contribution in [0, 0.1) is 0 Å². The van der Waals surface area contributed by atoms with Crippen molar-refractivity contribution >= 4 is 28.3 Å². The second-order valence-corrected chi connectivity index (χ2v) is 7.68. The number of hydrogen-bond acceptors (Lipinski definition) is 8. The van der Waals surface area contributed by atoms with E-state index >= 15 is 0 Å². The summed E-state index contributed by atoms with van der Waals surface area (Å²) in [6.45, 7) is 7.87. The third-order valence-electron chi connectivity index (χ3n) is 5.17. The van der Waals surface area contributed by atoms with E-state index in [1.54, 1.807) is 23.7 Å². The van der Waals surface area contributed by atoms with E-state index in [1.807, 2.05) is 22.5 Å². The number of aromatic nitrogens is 3. The van der Waals surface area contributed by atoms with Crippen LogP contribution >= 0.6 is 11.3 Å². The van der Waals surface area contributed by atoms with Crippen molar-refractivity contribution in [1.82, 2.24) is 24.8 Å². The molecular formula is C18H25N7OS. The predicted octanol–water partition coefficient (Wildman–Crippen LogP) is 0.794. The van der Waals surface area contributed by atoms with Crippen LogP contribution in [0.4, 0.5) is 11.1 Å². The van der Waals surface area contributed by atoms with Gasteiger partial charge in [-0.1, -0.05) is 0 Å². The summed E-state index contributed by atoms with van der Waals surface area (Å²) >= 11 is 1.69. The molecule has 9 heteroatoms. The van der Waals surface area contributed by atoms with Crippen molar-refractivity contribution in [3.05, 3.63) is 30.0 Å². The largest absolute Gasteiger partial charge is 0.346 e. The van der Waals surface area contributed by atoms with E-state index < -0.39 is 0 Å². The Labute approximate surface area is 163 Å². The number of rotatable bonds is 5. The van der Waals surface area contributed by atoms with Crippen LogP contribution in [0.15, 0.2) is 30.0 Å². The van der Waals surface area contributed by atoms with Gasteiger partial charge < -0.3 is 14.7 Å². The minimum atomic E-state index is 0.256. The minimum Gasteiger partial charge on any atom is -0.346 e. The topological polar surface area (TPSA) is 68.7 Å². The number of carbonyl (C=O) groups excluding carboxylic acids is 1. The van der Waals surface area contributed by atoms with Crippen LogP contribution in [0.5, 0.6) is 0 Å². The average molecular weight is 388 g/mol. The standard InChI is InChI=1S/C18H25N7OS/c26-16(23-11-13-24(14-12-23)17-19-3-1-4-20-17)2-6-22-7-9-25(10-8-22)18-21-5-15-27-18/h1,3-5,15H,2,6-14H2. The number of anilines is 2. The maximum atomic E-state index is 12.6. The Kier molecular flexibility index (Phi) is 5.78. The Balaban J connectivity index is 1.17. The van der Waals surface area contributed by atoms with Crippen molar-refractivity contribution in [3.63, 3.8) is 0 Å². The molecular weight excluding hydrogens is 362 g/mol. The number of nitrogens with zero attached hydrogens (tertiary/aromatic N) is 7. The zero-order chi connectivity index (χ0) is 18.5. The van der Waals surface area contributed by atoms with Crippen LogP contribution in [0.2, 0.25) is 0 Å². The lowest BCUT2D eigenvalue weighted by Gasteiger charge is -2.36. The van der Waals surface area contributed by atoms with Gasteiger partial charge in [-0.15, -0.1) is 11.3 Å². The van der Waals surface area contributed by atoms with E-state index in [2.05, 4.69) is 29.7 Å². The number of hydrogen-bond donors (Lipinski definition) is 0. The Morgan fingerprint density at radius 1 is 0.889 bits per heavy atom. The normalized spacial score (nSPS) is 18.7. The summed E-state index contributed by atoms with van der Waals surface area (Å²) in [6, 6.07) is 1.82. The molecule has 4 rings (SSSR count). The second-order valence-electron chi connectivity index (χ2n) is 6.81. The molecule has 2 aromatic rings. The van der Waals surface area contributed by atoms with Crippen LogP contribution in [-0.4, -0.2) is 89.6 Å². The van der Waals surface area contributed by atoms with Gasteiger partial charge in [-0.3, -0.25) is 9.69 Å². The molecule has 0 spiro atoms. The van der Waals surface area contributed by atoms with Crippen molar-refractivity contribution in [2.24, 2.45) is 0 Å². The third-order valence-corrected chi connectivity index (χ3v) is 6.00. The third kappa shape index (κ3) is 4.54. The Hall–Kier alpha value is -2.26. The quantitative estimate of drug-likeness (QED) is 0.751. The zero-order valence-corrected chi connectivity index (χ0v) is 16.2. The average Bonchev–Trinajstić information content (AvgIpc) is 3.28. The van der Waals surface area contributed by atoms with Gasteiger partial charge in [-0.2, -0.15) is 0 Å². The lowest BCUT2D eigenvalue weighted by atomic mass is 10.2. The van der Waals surface area contributed by atoms with E-state index in [0.29, 0.717) is 6.42 Å². The molecule has 2 fully saturated rings. The molecule has 27 heavy (non-hydrogen) atoms. The smallest absolute Gasteiger partial charge is 0.225 e. The lowest BCUT2D eigenvalue weighted by molar-refractivity contribution is -0.131. The molecule has 4 heterocycles. The van der Waals surface area contributed by atoms with Gasteiger partial charge in [-0.25, -0.2) is 15.0 Å². The first-order chi connectivity index (χ1) is 13.3. The molecule has 0 radical (unpaired) electrons. The highest BCUT2D eigenvalue weighted by Crippen LogP contribution is 2.19. The molecule has 2 saturated heterocycles. The highest BCUT2D eigenvalue weighted by molar-refractivity contribution is 7.13. The first-order valence-corrected chi connectivity index (χ1v) is 10.3. The maximum Gasteiger partial charge on any atom is 0.225 e. The lowest BCUT2D eigenvalue weighted by Crippen LogP contribution is -2.50. The van der Waals surface area contributed by atoms with Crippen LogP contribution in [0.3, 0.4) is 0 Å². The fourth-order valence-corrected chi connectivity index (χ4v) is 4.25. The van der Waals surface area contributed by atoms with Crippen LogP contribution < -0.4 is 9.80 Å². The van der Waals surface area contributed by atoms with Gasteiger partial charge in [0.2, 0.25) is 11.9 Å². The molecule has 0 N–H and O–H groups in total. The Morgan fingerprint density at radius 2 is 1.59 bits per heavy atom. The van der Waals surface area contributed by atoms with Crippen LogP contribution in [0.1, 0.15) is 6.42 Å². The second kappa shape index (κ2) is 8.62. The van der Waals surface area contributed by atoms with E-state index in [4.69, 9.17) is 0 Å². The summed E-state index contributed by atoms with van der Waals surface area (Å²) in [7, 11) is 0. The first kappa shape index (κ1) is 18.1. The Morgan fingerprint density at radius 3 is 2.26 bits per heavy atom. The van der Waals surface area contributed by atoms with Crippen LogP contribution in [0.25, 0.3) is 0 Å². The molecule has 1 amide bonds. The molecule has 0 aliphatic carbocycles. The summed E-state index contributed by atoms with van der Waals surface area (Å²) in [5.41, 5.74) is 0. The summed E-state index contributed by atoms with van der Waals surface area (Å²) in [6.07, 6.45) is 5.97. The number of thiazole rings is 1. The van der Waals surface area contributed by atoms with Crippen LogP contribution in [-0.2, 0) is 4.79 Å². The van der Waals surface area contributed by atoms with Gasteiger partial charge in [0.1, 0.15) is 0 Å². The number of carbonyl (C=O) groups is 1. The first-order valence-electron chi connectivity index (χ1n) is 9.46. The summed E-state index contributed by atoms with van der Waals surface area (Å²) in [4.78, 5) is 34.4. The molecule has 0 atom stereocenters. The van der Waals surface area contributed by atoms with Gasteiger partial charge in [0.25, 0.3) is 0 Å². The van der Waals surface area contributed by atoms with E-state index in [9.17, 15) is 4.79 Å². The van der Waals surface area contributed by atoms with Gasteiger partial charge in [0, 0.05) is 89.3 Å². The highest BCUT2D eigenvalue weighted by atomic mass is 32.1. The molecule has 144 valence electrons. The molecule has 0 aromatic carbocycles. The molecule has 0 unspecified atom stereocenters. The number of amides is 1. The van der Waals surface area contributed by atoms with E-state index in [0.717, 1.165) is 70.0 Å². The Bertz CT molecular complexity index is 711. The van der Waals surface area contributed by atoms with Crippen molar-refractivity contribution in [2.45, 2.75) is 6.42 Å². The van der Waals surface area contributed by atoms with E-state index in [1.165, 1.54) is 0 Å². The van der Waals surface area contributed by atoms with E-state index in [-0.39, 0.29) is 5.91 Å². The number of piperazine rings is 2. The minimum absolute atomic E-state index is 0.256. The van der Waals surface area contributed by atoms with Gasteiger partial charge in [0.15, 0.2) is 5.13 Å². The maximum absolute atomic E-state index is 12.6. The monoisotopic (exact) mass is 387 g/mol. The van der Waals surface area contributed by atoms with Gasteiger partial charge in [0.05, 0.1) is 0 Å². The van der Waals surface area contributed by atoms with Crippen molar-refractivity contribution in [2.75, 3.05) is 68.7 Å². The zero-order valence-electron chi connectivity index (χ0n) is 15.4. The SMILES string of the molecule is O=C(CCN1CCN(c2nccs2)CC1)N1CCN(c2ncccn2)CC1. The molecule has 0 bridgehead atoms. The fraction of sp³-hybridized carbons (Fsp3) is 0.556. The van der Waals surface area contributed by atoms with Crippen molar-refractivity contribution in [1.29, 1.82) is 0 Å². The fourth-order valence-electron chi connectivity index (χ4n) is 3.56. The predicted molar refractivity (Wildman–Crippen MR) is 106 cm³/mol. The molecule has 2 aliphatic heterocycles. The molecule has 8 nitrogen and oxygen atoms in total. The highest BCUT2D eigenvalue weighted by Gasteiger charge is 2.24. The van der Waals surface area contributed by atoms with Gasteiger partial charge in [-0.05, 0) is 6.07 Å². The van der Waals surface area contributed by atoms with Gasteiger partial charge >= 0.3 is 0 Å². The summed E-state index contributed by atoms with van der Waals surface area (Å²) in [5, 5.41) is 3.12. The molecule has 2 aliphatic rings. The van der Waals surface area contributed by atoms with Crippen molar-refractivity contribution in [3.8, 4) is 0 Å². The summed E-state index contributed by atoms with van der Waals surface area (Å²) in [5.74, 6) is 1.01. The summed E-state index contributed by atoms with van der Waals surface area (Å²) < 4.78 is 0. The molecule has 2 aromatic heterocycles.